The van der Waals surface area contributed by atoms with Gasteiger partial charge in [0.25, 0.3) is 0 Å². The lowest BCUT2D eigenvalue weighted by atomic mass is 9.87. The Morgan fingerprint density at radius 3 is 2.47 bits per heavy atom. The van der Waals surface area contributed by atoms with Crippen LogP contribution in [0.25, 0.3) is 0 Å². The lowest BCUT2D eigenvalue weighted by Gasteiger charge is -2.41. The van der Waals surface area contributed by atoms with Gasteiger partial charge in [-0.15, -0.1) is 0 Å². The average molecular weight is 271 g/mol. The number of hydrogen-bond donors (Lipinski definition) is 3. The van der Waals surface area contributed by atoms with Crippen LogP contribution >= 0.6 is 0 Å². The highest BCUT2D eigenvalue weighted by molar-refractivity contribution is 5.78. The summed E-state index contributed by atoms with van der Waals surface area (Å²) in [5, 5.41) is 14.1. The number of carboxylic acid groups (broad SMARTS) is 1. The van der Waals surface area contributed by atoms with Crippen molar-refractivity contribution < 1.29 is 19.5 Å². The number of hydrogen-bond acceptors (Lipinski definition) is 3. The maximum absolute atomic E-state index is 11.6. The summed E-state index contributed by atoms with van der Waals surface area (Å²) in [6.45, 7) is 5.27. The second kappa shape index (κ2) is 6.96. The van der Waals surface area contributed by atoms with E-state index in [1.165, 1.54) is 0 Å². The Kier molecular flexibility index (Phi) is 5.59. The van der Waals surface area contributed by atoms with Crippen molar-refractivity contribution >= 4 is 17.9 Å². The molecule has 0 aliphatic carbocycles. The Morgan fingerprint density at radius 2 is 1.95 bits per heavy atom. The van der Waals surface area contributed by atoms with Crippen LogP contribution in [0.5, 0.6) is 0 Å². The highest BCUT2D eigenvalue weighted by Crippen LogP contribution is 2.23. The number of rotatable bonds is 6. The first-order chi connectivity index (χ1) is 8.95. The molecular weight excluding hydrogens is 250 g/mol. The zero-order valence-electron chi connectivity index (χ0n) is 11.3. The number of carbonyl (C=O) groups is 3. The van der Waals surface area contributed by atoms with Gasteiger partial charge in [-0.2, -0.15) is 0 Å². The third kappa shape index (κ3) is 4.42. The predicted octanol–water partition coefficient (Wildman–Crippen LogP) is -0.125. The molecular formula is C12H21N3O4. The summed E-state index contributed by atoms with van der Waals surface area (Å²) in [7, 11) is 0. The van der Waals surface area contributed by atoms with Gasteiger partial charge in [0.15, 0.2) is 0 Å². The fourth-order valence-corrected chi connectivity index (χ4v) is 1.88. The molecule has 1 heterocycles. The van der Waals surface area contributed by atoms with Crippen LogP contribution in [0.15, 0.2) is 0 Å². The Balaban J connectivity index is 2.16. The van der Waals surface area contributed by atoms with E-state index in [9.17, 15) is 14.4 Å². The van der Waals surface area contributed by atoms with Gasteiger partial charge in [0.2, 0.25) is 5.91 Å². The molecule has 1 saturated heterocycles. The van der Waals surface area contributed by atoms with Crippen molar-refractivity contribution in [3.8, 4) is 0 Å². The van der Waals surface area contributed by atoms with E-state index in [4.69, 9.17) is 5.11 Å². The van der Waals surface area contributed by atoms with E-state index in [0.29, 0.717) is 26.2 Å². The summed E-state index contributed by atoms with van der Waals surface area (Å²) in [6, 6.07) is -0.238. The Bertz CT molecular complexity index is 353. The highest BCUT2D eigenvalue weighted by atomic mass is 16.4. The molecule has 1 rings (SSSR count). The van der Waals surface area contributed by atoms with E-state index in [1.807, 2.05) is 6.92 Å². The number of urea groups is 1. The van der Waals surface area contributed by atoms with Gasteiger partial charge in [0, 0.05) is 38.5 Å². The van der Waals surface area contributed by atoms with Gasteiger partial charge < -0.3 is 20.6 Å². The van der Waals surface area contributed by atoms with Crippen LogP contribution in [0.2, 0.25) is 0 Å². The molecule has 1 aliphatic heterocycles. The van der Waals surface area contributed by atoms with Crippen molar-refractivity contribution in [3.05, 3.63) is 0 Å². The van der Waals surface area contributed by atoms with Crippen LogP contribution in [0, 0.1) is 11.8 Å². The first kappa shape index (κ1) is 15.3. The normalized spacial score (nSPS) is 16.4. The smallest absolute Gasteiger partial charge is 0.317 e. The number of nitrogens with one attached hydrogen (secondary N) is 2. The third-order valence-electron chi connectivity index (χ3n) is 3.30. The van der Waals surface area contributed by atoms with Gasteiger partial charge in [0.1, 0.15) is 0 Å². The molecule has 0 aromatic rings. The van der Waals surface area contributed by atoms with Crippen molar-refractivity contribution in [1.29, 1.82) is 0 Å². The van der Waals surface area contributed by atoms with E-state index < -0.39 is 11.9 Å². The molecule has 7 heteroatoms. The van der Waals surface area contributed by atoms with Crippen molar-refractivity contribution in [2.45, 2.75) is 20.3 Å². The minimum absolute atomic E-state index is 0.0200. The number of amides is 3. The van der Waals surface area contributed by atoms with Crippen LogP contribution in [0.1, 0.15) is 20.3 Å². The molecule has 0 spiro atoms. The fourth-order valence-electron chi connectivity index (χ4n) is 1.88. The maximum atomic E-state index is 11.6. The van der Waals surface area contributed by atoms with Gasteiger partial charge in [0.05, 0.1) is 5.92 Å². The monoisotopic (exact) mass is 271 g/mol. The van der Waals surface area contributed by atoms with Crippen molar-refractivity contribution in [1.82, 2.24) is 15.5 Å². The largest absolute Gasteiger partial charge is 0.481 e. The first-order valence-electron chi connectivity index (χ1n) is 6.48. The van der Waals surface area contributed by atoms with E-state index >= 15 is 0 Å². The van der Waals surface area contributed by atoms with Crippen LogP contribution in [-0.2, 0) is 9.59 Å². The Morgan fingerprint density at radius 1 is 1.32 bits per heavy atom. The zero-order chi connectivity index (χ0) is 14.4. The molecule has 1 fully saturated rings. The minimum Gasteiger partial charge on any atom is -0.481 e. The maximum Gasteiger partial charge on any atom is 0.317 e. The summed E-state index contributed by atoms with van der Waals surface area (Å²) in [5.41, 5.74) is 0. The summed E-state index contributed by atoms with van der Waals surface area (Å²) < 4.78 is 0. The number of likely N-dealkylation sites (tertiary alicyclic amines) is 1. The molecule has 7 nitrogen and oxygen atoms in total. The molecule has 1 unspecified atom stereocenters. The quantitative estimate of drug-likeness (QED) is 0.627. The molecule has 0 saturated carbocycles. The second-order valence-corrected chi connectivity index (χ2v) is 4.73. The predicted molar refractivity (Wildman–Crippen MR) is 68.6 cm³/mol. The third-order valence-corrected chi connectivity index (χ3v) is 3.30. The molecule has 3 N–H and O–H groups in total. The van der Waals surface area contributed by atoms with E-state index in [1.54, 1.807) is 11.8 Å². The van der Waals surface area contributed by atoms with Crippen molar-refractivity contribution in [2.24, 2.45) is 11.8 Å². The topological polar surface area (TPSA) is 98.7 Å². The number of nitrogens with zero attached hydrogens (tertiary/aromatic N) is 1. The van der Waals surface area contributed by atoms with Gasteiger partial charge >= 0.3 is 12.0 Å². The lowest BCUT2D eigenvalue weighted by Crippen LogP contribution is -2.56. The van der Waals surface area contributed by atoms with Crippen LogP contribution < -0.4 is 10.6 Å². The second-order valence-electron chi connectivity index (χ2n) is 4.73. The van der Waals surface area contributed by atoms with Crippen LogP contribution in [-0.4, -0.2) is 54.1 Å². The number of carbonyl (C=O) groups excluding carboxylic acids is 2. The summed E-state index contributed by atoms with van der Waals surface area (Å²) >= 11 is 0. The van der Waals surface area contributed by atoms with Gasteiger partial charge in [-0.05, 0) is 6.92 Å². The minimum atomic E-state index is -0.832. The molecule has 1 atom stereocenters. The molecule has 19 heavy (non-hydrogen) atoms. The number of aliphatic carboxylic acids is 1. The van der Waals surface area contributed by atoms with Crippen LogP contribution in [0.4, 0.5) is 4.79 Å². The van der Waals surface area contributed by atoms with E-state index in [-0.39, 0.29) is 24.3 Å². The molecule has 3 amide bonds. The van der Waals surface area contributed by atoms with E-state index in [0.717, 1.165) is 0 Å². The van der Waals surface area contributed by atoms with Crippen LogP contribution in [0.3, 0.4) is 0 Å². The summed E-state index contributed by atoms with van der Waals surface area (Å²) in [5.74, 6) is -1.34. The zero-order valence-corrected chi connectivity index (χ0v) is 11.3. The molecule has 0 aromatic carbocycles. The Hall–Kier alpha value is -1.79. The van der Waals surface area contributed by atoms with Crippen molar-refractivity contribution in [2.75, 3.05) is 26.2 Å². The first-order valence-corrected chi connectivity index (χ1v) is 6.48. The molecule has 0 bridgehead atoms. The summed E-state index contributed by atoms with van der Waals surface area (Å²) in [4.78, 5) is 35.1. The SMILES string of the molecule is CCNC(=O)CCNC(=O)N1CC(C(C)C(=O)O)C1. The molecule has 0 radical (unpaired) electrons. The van der Waals surface area contributed by atoms with Crippen molar-refractivity contribution in [3.63, 3.8) is 0 Å². The highest BCUT2D eigenvalue weighted by Gasteiger charge is 2.36. The molecule has 1 aliphatic rings. The fraction of sp³-hybridized carbons (Fsp3) is 0.750. The van der Waals surface area contributed by atoms with E-state index in [2.05, 4.69) is 10.6 Å². The Labute approximate surface area is 112 Å². The van der Waals surface area contributed by atoms with Gasteiger partial charge in [-0.3, -0.25) is 9.59 Å². The lowest BCUT2D eigenvalue weighted by molar-refractivity contribution is -0.144. The molecule has 0 aromatic heterocycles. The summed E-state index contributed by atoms with van der Waals surface area (Å²) in [6.07, 6.45) is 0.252. The molecule has 108 valence electrons. The number of carboxylic acids is 1. The standard InChI is InChI=1S/C12H21N3O4/c1-3-13-10(16)4-5-14-12(19)15-6-9(7-15)8(2)11(17)18/h8-9H,3-7H2,1-2H3,(H,13,16)(H,14,19)(H,17,18). The van der Waals surface area contributed by atoms with Gasteiger partial charge in [-0.25, -0.2) is 4.79 Å². The average Bonchev–Trinajstić information content (AvgIpc) is 2.27. The van der Waals surface area contributed by atoms with Gasteiger partial charge in [-0.1, -0.05) is 6.92 Å².